The summed E-state index contributed by atoms with van der Waals surface area (Å²) in [5.74, 6) is 1.30. The Hall–Kier alpha value is -1.85. The van der Waals surface area contributed by atoms with Crippen LogP contribution in [0.3, 0.4) is 0 Å². The van der Waals surface area contributed by atoms with Crippen LogP contribution < -0.4 is 10.1 Å². The van der Waals surface area contributed by atoms with Crippen molar-refractivity contribution in [3.63, 3.8) is 0 Å². The maximum absolute atomic E-state index is 12.5. The number of thiophene rings is 1. The van der Waals surface area contributed by atoms with Gasteiger partial charge in [0, 0.05) is 11.3 Å². The summed E-state index contributed by atoms with van der Waals surface area (Å²) in [6.45, 7) is 0.732. The van der Waals surface area contributed by atoms with E-state index < -0.39 is 0 Å². The Balaban J connectivity index is 1.52. The first-order valence-corrected chi connectivity index (χ1v) is 9.32. The van der Waals surface area contributed by atoms with Crippen LogP contribution in [0.15, 0.2) is 35.7 Å². The molecule has 0 bridgehead atoms. The highest BCUT2D eigenvalue weighted by Crippen LogP contribution is 2.39. The summed E-state index contributed by atoms with van der Waals surface area (Å²) in [6, 6.07) is 10.1. The molecule has 0 radical (unpaired) electrons. The SMILES string of the molecule is O=C(Cc1cccs1)N[C@@H](c1ccc2c(c1)CCO2)C1CC(O)C1. The summed E-state index contributed by atoms with van der Waals surface area (Å²) >= 11 is 1.60. The first-order chi connectivity index (χ1) is 11.7. The van der Waals surface area contributed by atoms with Gasteiger partial charge < -0.3 is 15.2 Å². The van der Waals surface area contributed by atoms with E-state index in [4.69, 9.17) is 4.74 Å². The lowest BCUT2D eigenvalue weighted by molar-refractivity contribution is -0.122. The standard InChI is InChI=1S/C19H21NO3S/c21-15-9-14(10-15)19(20-18(22)11-16-2-1-7-24-16)13-3-4-17-12(8-13)5-6-23-17/h1-4,7-8,14-15,19,21H,5-6,9-11H2,(H,20,22)/t14?,15?,19-/m0/s1. The summed E-state index contributed by atoms with van der Waals surface area (Å²) in [5, 5.41) is 14.9. The molecule has 0 unspecified atom stereocenters. The number of ether oxygens (including phenoxy) is 1. The van der Waals surface area contributed by atoms with Gasteiger partial charge in [-0.2, -0.15) is 0 Å². The van der Waals surface area contributed by atoms with Crippen molar-refractivity contribution in [2.45, 2.75) is 37.8 Å². The van der Waals surface area contributed by atoms with Crippen LogP contribution >= 0.6 is 11.3 Å². The molecule has 1 aliphatic carbocycles. The molecule has 1 amide bonds. The third kappa shape index (κ3) is 3.19. The van der Waals surface area contributed by atoms with Crippen molar-refractivity contribution in [2.75, 3.05) is 6.61 Å². The molecule has 2 aliphatic rings. The number of rotatable bonds is 5. The van der Waals surface area contributed by atoms with Crippen LogP contribution in [-0.4, -0.2) is 23.7 Å². The first-order valence-electron chi connectivity index (χ1n) is 8.44. The molecule has 4 rings (SSSR count). The molecule has 2 aromatic rings. The molecular formula is C19H21NO3S. The van der Waals surface area contributed by atoms with Crippen LogP contribution in [0.4, 0.5) is 0 Å². The molecule has 1 fully saturated rings. The fourth-order valence-electron chi connectivity index (χ4n) is 3.57. The highest BCUT2D eigenvalue weighted by atomic mass is 32.1. The van der Waals surface area contributed by atoms with Crippen LogP contribution in [-0.2, 0) is 17.6 Å². The van der Waals surface area contributed by atoms with E-state index in [1.54, 1.807) is 11.3 Å². The molecular weight excluding hydrogens is 322 g/mol. The predicted octanol–water partition coefficient (Wildman–Crippen LogP) is 2.85. The van der Waals surface area contributed by atoms with E-state index in [9.17, 15) is 9.90 Å². The third-order valence-corrected chi connectivity index (χ3v) is 5.80. The van der Waals surface area contributed by atoms with Crippen molar-refractivity contribution in [3.05, 3.63) is 51.7 Å². The van der Waals surface area contributed by atoms with Crippen molar-refractivity contribution < 1.29 is 14.6 Å². The molecule has 1 aromatic heterocycles. The normalized spacial score (nSPS) is 23.0. The highest BCUT2D eigenvalue weighted by Gasteiger charge is 2.36. The van der Waals surface area contributed by atoms with Gasteiger partial charge in [-0.15, -0.1) is 11.3 Å². The van der Waals surface area contributed by atoms with Crippen molar-refractivity contribution in [3.8, 4) is 5.75 Å². The van der Waals surface area contributed by atoms with Gasteiger partial charge in [-0.25, -0.2) is 0 Å². The summed E-state index contributed by atoms with van der Waals surface area (Å²) in [7, 11) is 0. The topological polar surface area (TPSA) is 58.6 Å². The molecule has 1 aliphatic heterocycles. The van der Waals surface area contributed by atoms with Gasteiger partial charge in [0.2, 0.25) is 5.91 Å². The maximum Gasteiger partial charge on any atom is 0.225 e. The van der Waals surface area contributed by atoms with Crippen LogP contribution in [0.5, 0.6) is 5.75 Å². The Morgan fingerprint density at radius 2 is 2.25 bits per heavy atom. The first kappa shape index (κ1) is 15.7. The Labute approximate surface area is 145 Å². The molecule has 0 spiro atoms. The van der Waals surface area contributed by atoms with E-state index in [1.807, 2.05) is 29.6 Å². The minimum Gasteiger partial charge on any atom is -0.493 e. The second-order valence-corrected chi connectivity index (χ2v) is 7.68. The number of carbonyl (C=O) groups is 1. The monoisotopic (exact) mass is 343 g/mol. The van der Waals surface area contributed by atoms with Crippen LogP contribution in [0, 0.1) is 5.92 Å². The summed E-state index contributed by atoms with van der Waals surface area (Å²) in [5.41, 5.74) is 2.33. The van der Waals surface area contributed by atoms with Crippen molar-refractivity contribution in [1.82, 2.24) is 5.32 Å². The minimum absolute atomic E-state index is 0.0354. The molecule has 0 saturated heterocycles. The number of amides is 1. The molecule has 1 aromatic carbocycles. The van der Waals surface area contributed by atoms with Crippen molar-refractivity contribution in [2.24, 2.45) is 5.92 Å². The van der Waals surface area contributed by atoms with Gasteiger partial charge in [0.05, 0.1) is 25.2 Å². The van der Waals surface area contributed by atoms with Gasteiger partial charge in [-0.05, 0) is 53.5 Å². The lowest BCUT2D eigenvalue weighted by Gasteiger charge is -2.38. The average Bonchev–Trinajstić information content (AvgIpc) is 3.20. The Kier molecular flexibility index (Phi) is 4.29. The second kappa shape index (κ2) is 6.57. The van der Waals surface area contributed by atoms with E-state index in [1.165, 1.54) is 5.56 Å². The summed E-state index contributed by atoms with van der Waals surface area (Å²) in [6.07, 6.45) is 2.60. The Morgan fingerprint density at radius 3 is 3.00 bits per heavy atom. The van der Waals surface area contributed by atoms with Crippen molar-refractivity contribution in [1.29, 1.82) is 0 Å². The quantitative estimate of drug-likeness (QED) is 0.878. The van der Waals surface area contributed by atoms with E-state index in [-0.39, 0.29) is 18.1 Å². The zero-order valence-electron chi connectivity index (χ0n) is 13.4. The Bertz CT molecular complexity index is 722. The van der Waals surface area contributed by atoms with E-state index in [2.05, 4.69) is 11.4 Å². The van der Waals surface area contributed by atoms with Gasteiger partial charge in [0.15, 0.2) is 0 Å². The molecule has 2 N–H and O–H groups in total. The third-order valence-electron chi connectivity index (χ3n) is 4.93. The van der Waals surface area contributed by atoms with E-state index in [0.29, 0.717) is 12.3 Å². The lowest BCUT2D eigenvalue weighted by atomic mass is 9.74. The number of benzene rings is 1. The fraction of sp³-hybridized carbons (Fsp3) is 0.421. The minimum atomic E-state index is -0.232. The number of carbonyl (C=O) groups excluding carboxylic acids is 1. The smallest absolute Gasteiger partial charge is 0.225 e. The molecule has 126 valence electrons. The van der Waals surface area contributed by atoms with Crippen LogP contribution in [0.2, 0.25) is 0 Å². The average molecular weight is 343 g/mol. The fourth-order valence-corrected chi connectivity index (χ4v) is 4.27. The van der Waals surface area contributed by atoms with Gasteiger partial charge >= 0.3 is 0 Å². The van der Waals surface area contributed by atoms with E-state index in [0.717, 1.165) is 42.1 Å². The molecule has 2 heterocycles. The summed E-state index contributed by atoms with van der Waals surface area (Å²) < 4.78 is 5.58. The van der Waals surface area contributed by atoms with E-state index >= 15 is 0 Å². The molecule has 1 atom stereocenters. The largest absolute Gasteiger partial charge is 0.493 e. The number of fused-ring (bicyclic) bond motifs is 1. The molecule has 24 heavy (non-hydrogen) atoms. The van der Waals surface area contributed by atoms with Gasteiger partial charge in [0.1, 0.15) is 5.75 Å². The molecule has 1 saturated carbocycles. The zero-order valence-corrected chi connectivity index (χ0v) is 14.2. The number of nitrogens with one attached hydrogen (secondary N) is 1. The molecule has 4 nitrogen and oxygen atoms in total. The predicted molar refractivity (Wildman–Crippen MR) is 93.3 cm³/mol. The number of hydrogen-bond donors (Lipinski definition) is 2. The lowest BCUT2D eigenvalue weighted by Crippen LogP contribution is -2.41. The van der Waals surface area contributed by atoms with Crippen molar-refractivity contribution >= 4 is 17.2 Å². The van der Waals surface area contributed by atoms with Gasteiger partial charge in [0.25, 0.3) is 0 Å². The maximum atomic E-state index is 12.5. The van der Waals surface area contributed by atoms with Crippen LogP contribution in [0.25, 0.3) is 0 Å². The van der Waals surface area contributed by atoms with Crippen LogP contribution in [0.1, 0.15) is 34.9 Å². The van der Waals surface area contributed by atoms with Gasteiger partial charge in [-0.3, -0.25) is 4.79 Å². The highest BCUT2D eigenvalue weighted by molar-refractivity contribution is 7.10. The zero-order chi connectivity index (χ0) is 16.5. The number of aliphatic hydroxyl groups is 1. The molecule has 5 heteroatoms. The summed E-state index contributed by atoms with van der Waals surface area (Å²) in [4.78, 5) is 13.5. The number of aliphatic hydroxyl groups excluding tert-OH is 1. The second-order valence-electron chi connectivity index (χ2n) is 6.65. The van der Waals surface area contributed by atoms with Gasteiger partial charge in [-0.1, -0.05) is 12.1 Å². The Morgan fingerprint density at radius 1 is 1.38 bits per heavy atom. The number of hydrogen-bond acceptors (Lipinski definition) is 4.